The minimum atomic E-state index is -0.313. The zero-order chi connectivity index (χ0) is 12.7. The van der Waals surface area contributed by atoms with Gasteiger partial charge in [-0.05, 0) is 25.8 Å². The molecule has 0 unspecified atom stereocenters. The van der Waals surface area contributed by atoms with Gasteiger partial charge in [-0.15, -0.1) is 0 Å². The SMILES string of the molecule is COCCN(C[C@H]1CCC=CO1)[C@H](C)C(N)=O. The Kier molecular flexibility index (Phi) is 6.00. The minimum absolute atomic E-state index is 0.138. The molecule has 1 aliphatic heterocycles. The second-order valence-corrected chi connectivity index (χ2v) is 4.27. The van der Waals surface area contributed by atoms with Crippen LogP contribution in [0.15, 0.2) is 12.3 Å². The first kappa shape index (κ1) is 14.0. The average Bonchev–Trinajstić information content (AvgIpc) is 2.34. The van der Waals surface area contributed by atoms with Gasteiger partial charge in [0, 0.05) is 20.2 Å². The van der Waals surface area contributed by atoms with Crippen LogP contribution in [0.4, 0.5) is 0 Å². The zero-order valence-corrected chi connectivity index (χ0v) is 10.6. The first-order valence-electron chi connectivity index (χ1n) is 5.98. The molecule has 17 heavy (non-hydrogen) atoms. The van der Waals surface area contributed by atoms with Gasteiger partial charge >= 0.3 is 0 Å². The second kappa shape index (κ2) is 7.29. The average molecular weight is 242 g/mol. The fourth-order valence-corrected chi connectivity index (χ4v) is 1.81. The Morgan fingerprint density at radius 3 is 3.00 bits per heavy atom. The first-order valence-corrected chi connectivity index (χ1v) is 5.98. The molecular formula is C12H22N2O3. The Bertz CT molecular complexity index is 268. The summed E-state index contributed by atoms with van der Waals surface area (Å²) in [5, 5.41) is 0. The Morgan fingerprint density at radius 2 is 2.47 bits per heavy atom. The van der Waals surface area contributed by atoms with Crippen LogP contribution in [0.2, 0.25) is 0 Å². The van der Waals surface area contributed by atoms with Crippen LogP contribution in [0.1, 0.15) is 19.8 Å². The third-order valence-electron chi connectivity index (χ3n) is 3.00. The number of ether oxygens (including phenoxy) is 2. The molecule has 0 aromatic rings. The molecular weight excluding hydrogens is 220 g/mol. The maximum Gasteiger partial charge on any atom is 0.234 e. The Morgan fingerprint density at radius 1 is 1.71 bits per heavy atom. The highest BCUT2D eigenvalue weighted by atomic mass is 16.5. The number of amides is 1. The summed E-state index contributed by atoms with van der Waals surface area (Å²) in [6.07, 6.45) is 5.88. The number of nitrogens with two attached hydrogens (primary N) is 1. The van der Waals surface area contributed by atoms with Crippen molar-refractivity contribution in [3.63, 3.8) is 0 Å². The molecule has 98 valence electrons. The van der Waals surface area contributed by atoms with E-state index in [9.17, 15) is 4.79 Å². The monoisotopic (exact) mass is 242 g/mol. The summed E-state index contributed by atoms with van der Waals surface area (Å²) in [5.41, 5.74) is 5.34. The van der Waals surface area contributed by atoms with Gasteiger partial charge in [-0.1, -0.05) is 0 Å². The molecule has 0 saturated carbocycles. The number of primary amides is 1. The molecule has 2 N–H and O–H groups in total. The lowest BCUT2D eigenvalue weighted by molar-refractivity contribution is -0.123. The van der Waals surface area contributed by atoms with E-state index in [1.54, 1.807) is 13.4 Å². The van der Waals surface area contributed by atoms with E-state index in [0.29, 0.717) is 19.7 Å². The normalized spacial score (nSPS) is 21.2. The van der Waals surface area contributed by atoms with Gasteiger partial charge in [0.25, 0.3) is 0 Å². The van der Waals surface area contributed by atoms with Crippen molar-refractivity contribution < 1.29 is 14.3 Å². The van der Waals surface area contributed by atoms with Crippen molar-refractivity contribution in [1.29, 1.82) is 0 Å². The van der Waals surface area contributed by atoms with Gasteiger partial charge in [-0.3, -0.25) is 9.69 Å². The molecule has 1 heterocycles. The Balaban J connectivity index is 2.49. The number of hydrogen-bond acceptors (Lipinski definition) is 4. The van der Waals surface area contributed by atoms with Crippen LogP contribution in [-0.2, 0) is 14.3 Å². The largest absolute Gasteiger partial charge is 0.497 e. The molecule has 0 radical (unpaired) electrons. The molecule has 5 heteroatoms. The van der Waals surface area contributed by atoms with Crippen molar-refractivity contribution in [1.82, 2.24) is 4.90 Å². The molecule has 0 spiro atoms. The van der Waals surface area contributed by atoms with Gasteiger partial charge in [0.05, 0.1) is 18.9 Å². The number of carbonyl (C=O) groups is 1. The topological polar surface area (TPSA) is 64.8 Å². The number of carbonyl (C=O) groups excluding carboxylic acids is 1. The van der Waals surface area contributed by atoms with Crippen LogP contribution in [0.3, 0.4) is 0 Å². The zero-order valence-electron chi connectivity index (χ0n) is 10.6. The lowest BCUT2D eigenvalue weighted by Crippen LogP contribution is -2.47. The molecule has 0 fully saturated rings. The smallest absolute Gasteiger partial charge is 0.234 e. The highest BCUT2D eigenvalue weighted by molar-refractivity contribution is 5.79. The van der Waals surface area contributed by atoms with Crippen molar-refractivity contribution >= 4 is 5.91 Å². The van der Waals surface area contributed by atoms with Crippen LogP contribution in [0.5, 0.6) is 0 Å². The van der Waals surface area contributed by atoms with Crippen molar-refractivity contribution in [2.24, 2.45) is 5.73 Å². The van der Waals surface area contributed by atoms with Gasteiger partial charge in [-0.25, -0.2) is 0 Å². The summed E-state index contributed by atoms with van der Waals surface area (Å²) in [7, 11) is 1.65. The van der Waals surface area contributed by atoms with E-state index in [4.69, 9.17) is 15.2 Å². The lowest BCUT2D eigenvalue weighted by Gasteiger charge is -2.31. The van der Waals surface area contributed by atoms with Gasteiger partial charge in [-0.2, -0.15) is 0 Å². The van der Waals surface area contributed by atoms with Gasteiger partial charge in [0.1, 0.15) is 6.10 Å². The number of allylic oxidation sites excluding steroid dienone is 1. The summed E-state index contributed by atoms with van der Waals surface area (Å²) in [6.45, 7) is 3.79. The van der Waals surface area contributed by atoms with E-state index < -0.39 is 0 Å². The summed E-state index contributed by atoms with van der Waals surface area (Å²) in [4.78, 5) is 13.2. The van der Waals surface area contributed by atoms with E-state index in [1.165, 1.54) is 0 Å². The van der Waals surface area contributed by atoms with Crippen LogP contribution >= 0.6 is 0 Å². The Hall–Kier alpha value is -1.07. The van der Waals surface area contributed by atoms with Crippen LogP contribution in [0, 0.1) is 0 Å². The van der Waals surface area contributed by atoms with Crippen molar-refractivity contribution in [2.45, 2.75) is 31.9 Å². The van der Waals surface area contributed by atoms with Crippen molar-refractivity contribution in [2.75, 3.05) is 26.8 Å². The third kappa shape index (κ3) is 4.75. The maximum absolute atomic E-state index is 11.2. The molecule has 2 atom stereocenters. The van der Waals surface area contributed by atoms with Crippen molar-refractivity contribution in [3.8, 4) is 0 Å². The predicted molar refractivity (Wildman–Crippen MR) is 65.4 cm³/mol. The van der Waals surface area contributed by atoms with E-state index in [0.717, 1.165) is 12.8 Å². The molecule has 0 aromatic heterocycles. The minimum Gasteiger partial charge on any atom is -0.497 e. The summed E-state index contributed by atoms with van der Waals surface area (Å²) < 4.78 is 10.5. The van der Waals surface area contributed by atoms with E-state index in [-0.39, 0.29) is 18.1 Å². The highest BCUT2D eigenvalue weighted by Crippen LogP contribution is 2.13. The molecule has 0 aliphatic carbocycles. The molecule has 1 amide bonds. The van der Waals surface area contributed by atoms with Crippen LogP contribution < -0.4 is 5.73 Å². The first-order chi connectivity index (χ1) is 8.15. The van der Waals surface area contributed by atoms with Gasteiger partial charge < -0.3 is 15.2 Å². The lowest BCUT2D eigenvalue weighted by atomic mass is 10.1. The molecule has 0 saturated heterocycles. The quantitative estimate of drug-likeness (QED) is 0.706. The van der Waals surface area contributed by atoms with E-state index >= 15 is 0 Å². The molecule has 1 rings (SSSR count). The third-order valence-corrected chi connectivity index (χ3v) is 3.00. The second-order valence-electron chi connectivity index (χ2n) is 4.27. The maximum atomic E-state index is 11.2. The van der Waals surface area contributed by atoms with Gasteiger partial charge in [0.2, 0.25) is 5.91 Å². The van der Waals surface area contributed by atoms with Crippen LogP contribution in [-0.4, -0.2) is 49.8 Å². The number of methoxy groups -OCH3 is 1. The van der Waals surface area contributed by atoms with E-state index in [2.05, 4.69) is 0 Å². The predicted octanol–water partition coefficient (Wildman–Crippen LogP) is 0.501. The summed E-state index contributed by atoms with van der Waals surface area (Å²) >= 11 is 0. The summed E-state index contributed by atoms with van der Waals surface area (Å²) in [6, 6.07) is -0.292. The fraction of sp³-hybridized carbons (Fsp3) is 0.750. The van der Waals surface area contributed by atoms with Crippen molar-refractivity contribution in [3.05, 3.63) is 12.3 Å². The number of hydrogen-bond donors (Lipinski definition) is 1. The highest BCUT2D eigenvalue weighted by Gasteiger charge is 2.23. The standard InChI is InChI=1S/C12H22N2O3/c1-10(12(13)15)14(6-8-16-2)9-11-5-3-4-7-17-11/h4,7,10-11H,3,5-6,8-9H2,1-2H3,(H2,13,15)/t10-,11-/m1/s1. The molecule has 0 aromatic carbocycles. The van der Waals surface area contributed by atoms with Crippen LogP contribution in [0.25, 0.3) is 0 Å². The number of nitrogens with zero attached hydrogens (tertiary/aromatic N) is 1. The van der Waals surface area contributed by atoms with Gasteiger partial charge in [0.15, 0.2) is 0 Å². The molecule has 5 nitrogen and oxygen atoms in total. The number of rotatable bonds is 7. The van der Waals surface area contributed by atoms with E-state index in [1.807, 2.05) is 17.9 Å². The Labute approximate surface area is 103 Å². The summed E-state index contributed by atoms with van der Waals surface area (Å²) in [5.74, 6) is -0.313. The fourth-order valence-electron chi connectivity index (χ4n) is 1.81. The molecule has 0 bridgehead atoms. The molecule has 1 aliphatic rings.